The second kappa shape index (κ2) is 11.4. The van der Waals surface area contributed by atoms with Gasteiger partial charge in [-0.05, 0) is 37.8 Å². The minimum absolute atomic E-state index is 0.118. The first-order valence-corrected chi connectivity index (χ1v) is 13.2. The summed E-state index contributed by atoms with van der Waals surface area (Å²) in [7, 11) is 0. The average molecular weight is 443 g/mol. The zero-order valence-corrected chi connectivity index (χ0v) is 19.9. The van der Waals surface area contributed by atoms with Gasteiger partial charge < -0.3 is 0 Å². The molecule has 4 rings (SSSR count). The van der Waals surface area contributed by atoms with E-state index < -0.39 is 0 Å². The third-order valence-electron chi connectivity index (χ3n) is 6.86. The molecule has 6 heteroatoms. The van der Waals surface area contributed by atoms with Gasteiger partial charge in [0.25, 0.3) is 0 Å². The summed E-state index contributed by atoms with van der Waals surface area (Å²) in [4.78, 5) is 22.4. The summed E-state index contributed by atoms with van der Waals surface area (Å²) >= 11 is 1.86. The third kappa shape index (κ3) is 5.85. The Kier molecular flexibility index (Phi) is 8.34. The molecule has 31 heavy (non-hydrogen) atoms. The van der Waals surface area contributed by atoms with E-state index in [0.717, 1.165) is 55.2 Å². The zero-order valence-electron chi connectivity index (χ0n) is 19.0. The van der Waals surface area contributed by atoms with Gasteiger partial charge in [0.05, 0.1) is 10.9 Å². The Balaban J connectivity index is 1.33. The van der Waals surface area contributed by atoms with Crippen LogP contribution in [0.4, 0.5) is 10.5 Å². The first kappa shape index (κ1) is 22.7. The molecule has 2 heterocycles. The Bertz CT molecular complexity index is 726. The van der Waals surface area contributed by atoms with Crippen molar-refractivity contribution in [2.75, 3.05) is 50.0 Å². The molecule has 0 aromatic heterocycles. The SMILES string of the molecule is CCCCC=C(SCN1CCN(C2CCCC2)CC1)N1CCN(c2ccccc2)C1=O. The lowest BCUT2D eigenvalue weighted by Crippen LogP contribution is -2.49. The Hall–Kier alpha value is -1.50. The summed E-state index contributed by atoms with van der Waals surface area (Å²) in [5.74, 6) is 0.978. The largest absolute Gasteiger partial charge is 0.329 e. The van der Waals surface area contributed by atoms with Gasteiger partial charge in [0.1, 0.15) is 0 Å². The van der Waals surface area contributed by atoms with Gasteiger partial charge in [0, 0.05) is 51.0 Å². The number of unbranched alkanes of at least 4 members (excludes halogenated alkanes) is 2. The van der Waals surface area contributed by atoms with Crippen LogP contribution >= 0.6 is 11.8 Å². The van der Waals surface area contributed by atoms with Crippen LogP contribution in [0.25, 0.3) is 0 Å². The lowest BCUT2D eigenvalue weighted by Gasteiger charge is -2.38. The van der Waals surface area contributed by atoms with Crippen molar-refractivity contribution in [3.05, 3.63) is 41.4 Å². The van der Waals surface area contributed by atoms with Crippen LogP contribution in [-0.2, 0) is 0 Å². The van der Waals surface area contributed by atoms with E-state index in [1.807, 2.05) is 51.9 Å². The lowest BCUT2D eigenvalue weighted by atomic mass is 10.2. The van der Waals surface area contributed by atoms with E-state index in [1.54, 1.807) is 0 Å². The number of carbonyl (C=O) groups is 1. The predicted molar refractivity (Wildman–Crippen MR) is 131 cm³/mol. The van der Waals surface area contributed by atoms with E-state index >= 15 is 0 Å². The van der Waals surface area contributed by atoms with Crippen molar-refractivity contribution in [1.29, 1.82) is 0 Å². The molecule has 2 saturated heterocycles. The molecule has 2 amide bonds. The van der Waals surface area contributed by atoms with Gasteiger partial charge in [-0.25, -0.2) is 4.79 Å². The van der Waals surface area contributed by atoms with Crippen molar-refractivity contribution in [3.63, 3.8) is 0 Å². The number of urea groups is 1. The van der Waals surface area contributed by atoms with Crippen molar-refractivity contribution < 1.29 is 4.79 Å². The molecular formula is C25H38N4OS. The van der Waals surface area contributed by atoms with E-state index in [-0.39, 0.29) is 6.03 Å². The minimum Gasteiger partial charge on any atom is -0.298 e. The van der Waals surface area contributed by atoms with Crippen LogP contribution in [0.1, 0.15) is 51.9 Å². The molecule has 0 atom stereocenters. The number of para-hydroxylation sites is 1. The number of thioether (sulfide) groups is 1. The first-order valence-electron chi connectivity index (χ1n) is 12.2. The fourth-order valence-corrected chi connectivity index (χ4v) is 6.08. The summed E-state index contributed by atoms with van der Waals surface area (Å²) in [5.41, 5.74) is 0.996. The monoisotopic (exact) mass is 442 g/mol. The number of allylic oxidation sites excluding steroid dienone is 1. The summed E-state index contributed by atoms with van der Waals surface area (Å²) < 4.78 is 0. The maximum absolute atomic E-state index is 13.2. The maximum atomic E-state index is 13.2. The van der Waals surface area contributed by atoms with Crippen LogP contribution in [0, 0.1) is 0 Å². The minimum atomic E-state index is 0.118. The van der Waals surface area contributed by atoms with Gasteiger partial charge in [-0.3, -0.25) is 19.6 Å². The highest BCUT2D eigenvalue weighted by Crippen LogP contribution is 2.30. The van der Waals surface area contributed by atoms with Gasteiger partial charge in [0.2, 0.25) is 0 Å². The van der Waals surface area contributed by atoms with Crippen molar-refractivity contribution >= 4 is 23.5 Å². The Labute approximate surface area is 192 Å². The molecule has 1 saturated carbocycles. The van der Waals surface area contributed by atoms with E-state index in [9.17, 15) is 4.79 Å². The highest BCUT2D eigenvalue weighted by Gasteiger charge is 2.32. The smallest absolute Gasteiger partial charge is 0.298 e. The fourth-order valence-electron chi connectivity index (χ4n) is 4.95. The third-order valence-corrected chi connectivity index (χ3v) is 8.04. The van der Waals surface area contributed by atoms with Crippen molar-refractivity contribution in [1.82, 2.24) is 14.7 Å². The summed E-state index contributed by atoms with van der Waals surface area (Å²) in [6.07, 6.45) is 11.3. The van der Waals surface area contributed by atoms with Crippen LogP contribution < -0.4 is 4.90 Å². The number of nitrogens with zero attached hydrogens (tertiary/aromatic N) is 4. The molecule has 1 aromatic carbocycles. The van der Waals surface area contributed by atoms with E-state index in [0.29, 0.717) is 0 Å². The molecule has 3 aliphatic rings. The topological polar surface area (TPSA) is 30.0 Å². The van der Waals surface area contributed by atoms with Crippen molar-refractivity contribution in [2.45, 2.75) is 57.9 Å². The molecule has 0 spiro atoms. The molecule has 0 radical (unpaired) electrons. The van der Waals surface area contributed by atoms with Crippen LogP contribution in [0.5, 0.6) is 0 Å². The van der Waals surface area contributed by atoms with E-state index in [2.05, 4.69) is 22.8 Å². The number of amides is 2. The number of rotatable bonds is 9. The highest BCUT2D eigenvalue weighted by molar-refractivity contribution is 8.02. The molecule has 0 bridgehead atoms. The van der Waals surface area contributed by atoms with E-state index in [4.69, 9.17) is 0 Å². The summed E-state index contributed by atoms with van der Waals surface area (Å²) in [5, 5.41) is 1.15. The van der Waals surface area contributed by atoms with E-state index in [1.165, 1.54) is 51.6 Å². The number of piperazine rings is 1. The molecule has 3 fully saturated rings. The maximum Gasteiger partial charge on any atom is 0.329 e. The van der Waals surface area contributed by atoms with Crippen LogP contribution in [0.3, 0.4) is 0 Å². The van der Waals surface area contributed by atoms with Gasteiger partial charge in [-0.15, -0.1) is 0 Å². The molecule has 1 aliphatic carbocycles. The number of carbonyl (C=O) groups excluding carboxylic acids is 1. The normalized spacial score (nSPS) is 22.1. The first-order chi connectivity index (χ1) is 15.3. The van der Waals surface area contributed by atoms with Crippen molar-refractivity contribution in [2.24, 2.45) is 0 Å². The molecule has 1 aromatic rings. The lowest BCUT2D eigenvalue weighted by molar-refractivity contribution is 0.110. The standard InChI is InChI=1S/C25H38N4OS/c1-2-3-5-14-24(29-20-19-28(25(29)30)23-12-6-4-7-13-23)31-21-26-15-17-27(18-16-26)22-10-8-9-11-22/h4,6-7,12-14,22H,2-3,5,8-11,15-21H2,1H3. The number of anilines is 1. The quantitative estimate of drug-likeness (QED) is 0.491. The molecule has 170 valence electrons. The predicted octanol–water partition coefficient (Wildman–Crippen LogP) is 5.21. The number of benzene rings is 1. The highest BCUT2D eigenvalue weighted by atomic mass is 32.2. The average Bonchev–Trinajstić information content (AvgIpc) is 3.48. The Morgan fingerprint density at radius 3 is 2.48 bits per heavy atom. The number of hydrogen-bond donors (Lipinski definition) is 0. The summed E-state index contributed by atoms with van der Waals surface area (Å²) in [6, 6.07) is 11.0. The van der Waals surface area contributed by atoms with Gasteiger partial charge in [-0.2, -0.15) is 0 Å². The molecule has 5 nitrogen and oxygen atoms in total. The summed E-state index contributed by atoms with van der Waals surface area (Å²) in [6.45, 7) is 8.45. The second-order valence-electron chi connectivity index (χ2n) is 8.97. The molecule has 2 aliphatic heterocycles. The van der Waals surface area contributed by atoms with Gasteiger partial charge >= 0.3 is 6.03 Å². The number of hydrogen-bond acceptors (Lipinski definition) is 4. The van der Waals surface area contributed by atoms with Crippen LogP contribution in [0.15, 0.2) is 41.4 Å². The Morgan fingerprint density at radius 1 is 1.03 bits per heavy atom. The van der Waals surface area contributed by atoms with Gasteiger partial charge in [-0.1, -0.05) is 62.2 Å². The molecule has 0 N–H and O–H groups in total. The Morgan fingerprint density at radius 2 is 1.77 bits per heavy atom. The van der Waals surface area contributed by atoms with Gasteiger partial charge in [0.15, 0.2) is 0 Å². The fraction of sp³-hybridized carbons (Fsp3) is 0.640. The second-order valence-corrected chi connectivity index (χ2v) is 9.94. The zero-order chi connectivity index (χ0) is 21.5. The molecule has 0 unspecified atom stereocenters. The van der Waals surface area contributed by atoms with Crippen LogP contribution in [0.2, 0.25) is 0 Å². The van der Waals surface area contributed by atoms with Crippen LogP contribution in [-0.4, -0.2) is 71.9 Å². The van der Waals surface area contributed by atoms with Crippen molar-refractivity contribution in [3.8, 4) is 0 Å². The molecular weight excluding hydrogens is 404 g/mol.